The number of hydrogen-bond acceptors (Lipinski definition) is 3. The topological polar surface area (TPSA) is 32.7 Å². The Balaban J connectivity index is 2.78. The molecule has 0 aliphatic rings. The van der Waals surface area contributed by atoms with Gasteiger partial charge in [-0.3, -0.25) is 4.79 Å². The molecule has 0 aliphatic carbocycles. The summed E-state index contributed by atoms with van der Waals surface area (Å²) in [5, 5.41) is 5.81. The first-order valence-corrected chi connectivity index (χ1v) is 4.42. The maximum absolute atomic E-state index is 11.0. The first-order valence-electron chi connectivity index (χ1n) is 4.42. The van der Waals surface area contributed by atoms with E-state index in [9.17, 15) is 4.79 Å². The molecule has 0 aliphatic heterocycles. The van der Waals surface area contributed by atoms with E-state index in [-0.39, 0.29) is 5.78 Å². The first-order chi connectivity index (χ1) is 6.59. The normalized spacial score (nSPS) is 10.5. The summed E-state index contributed by atoms with van der Waals surface area (Å²) in [6, 6.07) is 7.37. The van der Waals surface area contributed by atoms with Gasteiger partial charge in [-0.2, -0.15) is 5.10 Å². The van der Waals surface area contributed by atoms with Crippen LogP contribution in [0.25, 0.3) is 0 Å². The maximum Gasteiger partial charge on any atom is 0.159 e. The lowest BCUT2D eigenvalue weighted by molar-refractivity contribution is 0.101. The molecule has 0 unspecified atom stereocenters. The zero-order chi connectivity index (χ0) is 10.6. The van der Waals surface area contributed by atoms with Gasteiger partial charge in [-0.25, -0.2) is 0 Å². The SMILES string of the molecule is CC(=O)c1ccc(/C=N/N(C)C)cc1. The molecule has 0 amide bonds. The molecule has 0 fully saturated rings. The van der Waals surface area contributed by atoms with E-state index >= 15 is 0 Å². The van der Waals surface area contributed by atoms with Crippen molar-refractivity contribution in [3.63, 3.8) is 0 Å². The average Bonchev–Trinajstić information content (AvgIpc) is 2.15. The number of hydrazone groups is 1. The molecule has 0 saturated heterocycles. The number of ketones is 1. The molecular formula is C11H14N2O. The molecule has 3 nitrogen and oxygen atoms in total. The van der Waals surface area contributed by atoms with Gasteiger partial charge in [0.25, 0.3) is 0 Å². The Hall–Kier alpha value is -1.64. The van der Waals surface area contributed by atoms with Crippen molar-refractivity contribution >= 4 is 12.0 Å². The van der Waals surface area contributed by atoms with E-state index in [4.69, 9.17) is 0 Å². The van der Waals surface area contributed by atoms with Crippen molar-refractivity contribution in [1.82, 2.24) is 5.01 Å². The third kappa shape index (κ3) is 3.01. The van der Waals surface area contributed by atoms with Crippen LogP contribution >= 0.6 is 0 Å². The predicted molar refractivity (Wildman–Crippen MR) is 57.7 cm³/mol. The quantitative estimate of drug-likeness (QED) is 0.413. The van der Waals surface area contributed by atoms with Crippen molar-refractivity contribution < 1.29 is 4.79 Å². The molecule has 0 spiro atoms. The molecule has 0 atom stereocenters. The van der Waals surface area contributed by atoms with E-state index < -0.39 is 0 Å². The van der Waals surface area contributed by atoms with Crippen molar-refractivity contribution in [2.45, 2.75) is 6.92 Å². The highest BCUT2D eigenvalue weighted by molar-refractivity contribution is 5.94. The fourth-order valence-electron chi connectivity index (χ4n) is 0.986. The Morgan fingerprint density at radius 1 is 1.29 bits per heavy atom. The summed E-state index contributed by atoms with van der Waals surface area (Å²) < 4.78 is 0. The molecular weight excluding hydrogens is 176 g/mol. The van der Waals surface area contributed by atoms with E-state index in [1.807, 2.05) is 26.2 Å². The molecule has 0 aromatic heterocycles. The van der Waals surface area contributed by atoms with Crippen molar-refractivity contribution in [2.75, 3.05) is 14.1 Å². The molecule has 0 bridgehead atoms. The summed E-state index contributed by atoms with van der Waals surface area (Å²) in [7, 11) is 3.72. The van der Waals surface area contributed by atoms with Gasteiger partial charge in [-0.1, -0.05) is 24.3 Å². The fraction of sp³-hybridized carbons (Fsp3) is 0.273. The van der Waals surface area contributed by atoms with Crippen molar-refractivity contribution in [2.24, 2.45) is 5.10 Å². The number of nitrogens with zero attached hydrogens (tertiary/aromatic N) is 2. The van der Waals surface area contributed by atoms with Crippen LogP contribution in [0.5, 0.6) is 0 Å². The number of carbonyl (C=O) groups excluding carboxylic acids is 1. The Morgan fingerprint density at radius 3 is 2.29 bits per heavy atom. The van der Waals surface area contributed by atoms with Crippen LogP contribution in [0.4, 0.5) is 0 Å². The Morgan fingerprint density at radius 2 is 1.86 bits per heavy atom. The minimum absolute atomic E-state index is 0.0844. The highest BCUT2D eigenvalue weighted by Crippen LogP contribution is 2.03. The van der Waals surface area contributed by atoms with Gasteiger partial charge in [0.2, 0.25) is 0 Å². The Bertz CT molecular complexity index is 339. The Labute approximate surface area is 84.0 Å². The van der Waals surface area contributed by atoms with E-state index in [1.165, 1.54) is 0 Å². The lowest BCUT2D eigenvalue weighted by atomic mass is 10.1. The minimum atomic E-state index is 0.0844. The lowest BCUT2D eigenvalue weighted by Crippen LogP contribution is -2.02. The number of hydrogen-bond donors (Lipinski definition) is 0. The lowest BCUT2D eigenvalue weighted by Gasteiger charge is -2.02. The highest BCUT2D eigenvalue weighted by Gasteiger charge is 1.96. The van der Waals surface area contributed by atoms with Gasteiger partial charge >= 0.3 is 0 Å². The largest absolute Gasteiger partial charge is 0.303 e. The van der Waals surface area contributed by atoms with Gasteiger partial charge in [0, 0.05) is 19.7 Å². The van der Waals surface area contributed by atoms with Crippen molar-refractivity contribution in [1.29, 1.82) is 0 Å². The van der Waals surface area contributed by atoms with E-state index in [2.05, 4.69) is 5.10 Å². The second-order valence-electron chi connectivity index (χ2n) is 3.27. The molecule has 14 heavy (non-hydrogen) atoms. The maximum atomic E-state index is 11.0. The third-order valence-electron chi connectivity index (χ3n) is 1.75. The van der Waals surface area contributed by atoms with E-state index in [0.717, 1.165) is 11.1 Å². The predicted octanol–water partition coefficient (Wildman–Crippen LogP) is 1.78. The van der Waals surface area contributed by atoms with E-state index in [0.29, 0.717) is 0 Å². The number of rotatable bonds is 3. The van der Waals surface area contributed by atoms with Crippen LogP contribution < -0.4 is 0 Å². The summed E-state index contributed by atoms with van der Waals surface area (Å²) in [5.41, 5.74) is 1.72. The molecule has 74 valence electrons. The molecule has 1 rings (SSSR count). The third-order valence-corrected chi connectivity index (χ3v) is 1.75. The monoisotopic (exact) mass is 190 g/mol. The summed E-state index contributed by atoms with van der Waals surface area (Å²) in [4.78, 5) is 11.0. The van der Waals surface area contributed by atoms with Crippen LogP contribution in [-0.4, -0.2) is 31.1 Å². The zero-order valence-electron chi connectivity index (χ0n) is 8.69. The second kappa shape index (κ2) is 4.56. The Kier molecular flexibility index (Phi) is 3.40. The second-order valence-corrected chi connectivity index (χ2v) is 3.27. The summed E-state index contributed by atoms with van der Waals surface area (Å²) in [6.45, 7) is 1.56. The molecule has 0 radical (unpaired) electrons. The summed E-state index contributed by atoms with van der Waals surface area (Å²) in [5.74, 6) is 0.0844. The van der Waals surface area contributed by atoms with Crippen LogP contribution in [0, 0.1) is 0 Å². The molecule has 3 heteroatoms. The van der Waals surface area contributed by atoms with E-state index in [1.54, 1.807) is 30.3 Å². The first kappa shape index (κ1) is 10.4. The minimum Gasteiger partial charge on any atom is -0.303 e. The van der Waals surface area contributed by atoms with Gasteiger partial charge in [0.1, 0.15) is 0 Å². The van der Waals surface area contributed by atoms with Crippen LogP contribution in [0.15, 0.2) is 29.4 Å². The summed E-state index contributed by atoms with van der Waals surface area (Å²) >= 11 is 0. The van der Waals surface area contributed by atoms with Crippen LogP contribution in [-0.2, 0) is 0 Å². The highest BCUT2D eigenvalue weighted by atomic mass is 16.1. The summed E-state index contributed by atoms with van der Waals surface area (Å²) in [6.07, 6.45) is 1.75. The van der Waals surface area contributed by atoms with Crippen molar-refractivity contribution in [3.8, 4) is 0 Å². The van der Waals surface area contributed by atoms with Gasteiger partial charge in [-0.15, -0.1) is 0 Å². The number of benzene rings is 1. The molecule has 0 saturated carbocycles. The average molecular weight is 190 g/mol. The fourth-order valence-corrected chi connectivity index (χ4v) is 0.986. The van der Waals surface area contributed by atoms with Crippen molar-refractivity contribution in [3.05, 3.63) is 35.4 Å². The molecule has 1 aromatic rings. The van der Waals surface area contributed by atoms with Gasteiger partial charge in [0.05, 0.1) is 6.21 Å². The standard InChI is InChI=1S/C11H14N2O/c1-9(14)11-6-4-10(5-7-11)8-12-13(2)3/h4-8H,1-3H3/b12-8+. The smallest absolute Gasteiger partial charge is 0.159 e. The van der Waals surface area contributed by atoms with Gasteiger partial charge in [-0.05, 0) is 12.5 Å². The number of Topliss-reactive ketones (excluding diaryl/α,β-unsaturated/α-hetero) is 1. The molecule has 0 N–H and O–H groups in total. The number of carbonyl (C=O) groups is 1. The zero-order valence-corrected chi connectivity index (χ0v) is 8.69. The molecule has 1 aromatic carbocycles. The van der Waals surface area contributed by atoms with Gasteiger partial charge in [0.15, 0.2) is 5.78 Å². The van der Waals surface area contributed by atoms with Crippen LogP contribution in [0.2, 0.25) is 0 Å². The van der Waals surface area contributed by atoms with Crippen LogP contribution in [0.3, 0.4) is 0 Å². The molecule has 0 heterocycles. The van der Waals surface area contributed by atoms with Crippen LogP contribution in [0.1, 0.15) is 22.8 Å². The van der Waals surface area contributed by atoms with Gasteiger partial charge < -0.3 is 5.01 Å².